The van der Waals surface area contributed by atoms with Crippen molar-refractivity contribution in [3.63, 3.8) is 0 Å². The van der Waals surface area contributed by atoms with Crippen molar-refractivity contribution in [2.24, 2.45) is 0 Å². The standard InChI is InChI=1S/C23H24N4O4S/c1-30-21-12-16(8-9-20(21)31-13-17-14-32-15-24-17)22(28)25-18-6-2-3-7-19(18)26-23(29)27-10-4-5-11-27/h2-3,6-9,12,14-15H,4-5,10-11,13H2,1H3,(H,25,28)(H,26,29). The van der Waals surface area contributed by atoms with Crippen LogP contribution in [0.5, 0.6) is 11.5 Å². The van der Waals surface area contributed by atoms with E-state index in [0.29, 0.717) is 35.0 Å². The van der Waals surface area contributed by atoms with Crippen LogP contribution < -0.4 is 20.1 Å². The minimum Gasteiger partial charge on any atom is -0.493 e. The van der Waals surface area contributed by atoms with E-state index in [9.17, 15) is 9.59 Å². The lowest BCUT2D eigenvalue weighted by atomic mass is 10.1. The second-order valence-electron chi connectivity index (χ2n) is 7.26. The van der Waals surface area contributed by atoms with Crippen LogP contribution >= 0.6 is 11.3 Å². The van der Waals surface area contributed by atoms with Crippen LogP contribution in [-0.4, -0.2) is 42.0 Å². The number of nitrogens with one attached hydrogen (secondary N) is 2. The Kier molecular flexibility index (Phi) is 6.86. The molecule has 3 aromatic rings. The molecule has 1 fully saturated rings. The molecule has 0 saturated carbocycles. The van der Waals surface area contributed by atoms with E-state index in [4.69, 9.17) is 9.47 Å². The Balaban J connectivity index is 1.45. The van der Waals surface area contributed by atoms with Crippen molar-refractivity contribution in [1.82, 2.24) is 9.88 Å². The number of carbonyl (C=O) groups excluding carboxylic acids is 2. The highest BCUT2D eigenvalue weighted by Gasteiger charge is 2.19. The molecule has 32 heavy (non-hydrogen) atoms. The summed E-state index contributed by atoms with van der Waals surface area (Å²) in [7, 11) is 1.52. The van der Waals surface area contributed by atoms with Gasteiger partial charge in [-0.25, -0.2) is 9.78 Å². The van der Waals surface area contributed by atoms with E-state index >= 15 is 0 Å². The summed E-state index contributed by atoms with van der Waals surface area (Å²) in [5.41, 5.74) is 4.05. The van der Waals surface area contributed by atoms with Gasteiger partial charge in [0.1, 0.15) is 6.61 Å². The first kappa shape index (κ1) is 21.6. The van der Waals surface area contributed by atoms with E-state index in [-0.39, 0.29) is 11.9 Å². The van der Waals surface area contributed by atoms with Crippen molar-refractivity contribution in [2.45, 2.75) is 19.4 Å². The number of amides is 3. The molecule has 0 spiro atoms. The number of carbonyl (C=O) groups is 2. The number of nitrogens with zero attached hydrogens (tertiary/aromatic N) is 2. The highest BCUT2D eigenvalue weighted by atomic mass is 32.1. The minimum atomic E-state index is -0.322. The van der Waals surface area contributed by atoms with E-state index in [0.717, 1.165) is 31.6 Å². The van der Waals surface area contributed by atoms with E-state index < -0.39 is 0 Å². The predicted molar refractivity (Wildman–Crippen MR) is 124 cm³/mol. The number of ether oxygens (including phenoxy) is 2. The van der Waals surface area contributed by atoms with Gasteiger partial charge in [-0.1, -0.05) is 12.1 Å². The molecule has 4 rings (SSSR count). The molecule has 1 aromatic heterocycles. The molecule has 3 amide bonds. The lowest BCUT2D eigenvalue weighted by Gasteiger charge is -2.18. The zero-order chi connectivity index (χ0) is 22.3. The van der Waals surface area contributed by atoms with Gasteiger partial charge < -0.3 is 25.0 Å². The van der Waals surface area contributed by atoms with Crippen LogP contribution in [0.15, 0.2) is 53.4 Å². The lowest BCUT2D eigenvalue weighted by Crippen LogP contribution is -2.32. The average molecular weight is 453 g/mol. The van der Waals surface area contributed by atoms with Crippen molar-refractivity contribution in [3.8, 4) is 11.5 Å². The molecule has 1 saturated heterocycles. The maximum Gasteiger partial charge on any atom is 0.321 e. The summed E-state index contributed by atoms with van der Waals surface area (Å²) >= 11 is 1.50. The van der Waals surface area contributed by atoms with Crippen LogP contribution in [-0.2, 0) is 6.61 Å². The third-order valence-electron chi connectivity index (χ3n) is 5.09. The predicted octanol–water partition coefficient (Wildman–Crippen LogP) is 4.61. The van der Waals surface area contributed by atoms with Crippen LogP contribution in [0.3, 0.4) is 0 Å². The fraction of sp³-hybridized carbons (Fsp3) is 0.261. The Morgan fingerprint density at radius 2 is 1.81 bits per heavy atom. The number of thiazole rings is 1. The number of aromatic nitrogens is 1. The summed E-state index contributed by atoms with van der Waals surface area (Å²) in [6, 6.07) is 12.0. The number of rotatable bonds is 7. The Morgan fingerprint density at radius 3 is 2.50 bits per heavy atom. The van der Waals surface area contributed by atoms with Gasteiger partial charge in [0.25, 0.3) is 5.91 Å². The molecule has 2 heterocycles. The van der Waals surface area contributed by atoms with Gasteiger partial charge in [-0.2, -0.15) is 0 Å². The summed E-state index contributed by atoms with van der Waals surface area (Å²) in [6.45, 7) is 1.81. The van der Waals surface area contributed by atoms with E-state index in [1.165, 1.54) is 18.4 Å². The second-order valence-corrected chi connectivity index (χ2v) is 7.98. The number of para-hydroxylation sites is 2. The fourth-order valence-corrected chi connectivity index (χ4v) is 3.94. The van der Waals surface area contributed by atoms with Gasteiger partial charge in [-0.15, -0.1) is 11.3 Å². The molecular weight excluding hydrogens is 428 g/mol. The molecule has 0 bridgehead atoms. The monoisotopic (exact) mass is 452 g/mol. The number of hydrogen-bond donors (Lipinski definition) is 2. The van der Waals surface area contributed by atoms with Gasteiger partial charge in [-0.05, 0) is 43.2 Å². The molecule has 0 unspecified atom stereocenters. The largest absolute Gasteiger partial charge is 0.493 e. The molecule has 166 valence electrons. The smallest absolute Gasteiger partial charge is 0.321 e. The number of benzene rings is 2. The van der Waals surface area contributed by atoms with Crippen molar-refractivity contribution >= 4 is 34.6 Å². The zero-order valence-corrected chi connectivity index (χ0v) is 18.5. The van der Waals surface area contributed by atoms with Crippen molar-refractivity contribution < 1.29 is 19.1 Å². The molecule has 0 radical (unpaired) electrons. The molecule has 2 aromatic carbocycles. The molecule has 0 atom stereocenters. The maximum absolute atomic E-state index is 12.9. The number of methoxy groups -OCH3 is 1. The maximum atomic E-state index is 12.9. The molecular formula is C23H24N4O4S. The van der Waals surface area contributed by atoms with Crippen LogP contribution in [0, 0.1) is 0 Å². The SMILES string of the molecule is COc1cc(C(=O)Nc2ccccc2NC(=O)N2CCCC2)ccc1OCc1cscn1. The summed E-state index contributed by atoms with van der Waals surface area (Å²) in [5.74, 6) is 0.649. The Morgan fingerprint density at radius 1 is 1.06 bits per heavy atom. The third-order valence-corrected chi connectivity index (χ3v) is 5.73. The topological polar surface area (TPSA) is 92.8 Å². The van der Waals surface area contributed by atoms with Crippen LogP contribution in [0.4, 0.5) is 16.2 Å². The third kappa shape index (κ3) is 5.17. The van der Waals surface area contributed by atoms with E-state index in [2.05, 4.69) is 15.6 Å². The van der Waals surface area contributed by atoms with Crippen molar-refractivity contribution in [2.75, 3.05) is 30.8 Å². The molecule has 2 N–H and O–H groups in total. The van der Waals surface area contributed by atoms with Crippen LogP contribution in [0.25, 0.3) is 0 Å². The number of urea groups is 1. The van der Waals surface area contributed by atoms with Gasteiger partial charge in [0.15, 0.2) is 11.5 Å². The molecule has 1 aliphatic heterocycles. The zero-order valence-electron chi connectivity index (χ0n) is 17.7. The van der Waals surface area contributed by atoms with Gasteiger partial charge in [0.05, 0.1) is 29.7 Å². The highest BCUT2D eigenvalue weighted by molar-refractivity contribution is 7.07. The van der Waals surface area contributed by atoms with E-state index in [1.54, 1.807) is 46.8 Å². The summed E-state index contributed by atoms with van der Waals surface area (Å²) in [4.78, 5) is 31.3. The van der Waals surface area contributed by atoms with Gasteiger partial charge in [0, 0.05) is 24.0 Å². The van der Waals surface area contributed by atoms with E-state index in [1.807, 2.05) is 11.4 Å². The Hall–Kier alpha value is -3.59. The molecule has 9 heteroatoms. The first-order valence-corrected chi connectivity index (χ1v) is 11.2. The first-order valence-electron chi connectivity index (χ1n) is 10.3. The lowest BCUT2D eigenvalue weighted by molar-refractivity contribution is 0.102. The van der Waals surface area contributed by atoms with Crippen LogP contribution in [0.1, 0.15) is 28.9 Å². The van der Waals surface area contributed by atoms with Gasteiger partial charge in [-0.3, -0.25) is 4.79 Å². The number of likely N-dealkylation sites (tertiary alicyclic amines) is 1. The van der Waals surface area contributed by atoms with Gasteiger partial charge in [0.2, 0.25) is 0 Å². The Labute approximate surface area is 190 Å². The minimum absolute atomic E-state index is 0.160. The van der Waals surface area contributed by atoms with Crippen molar-refractivity contribution in [1.29, 1.82) is 0 Å². The average Bonchev–Trinajstić information content (AvgIpc) is 3.53. The quantitative estimate of drug-likeness (QED) is 0.546. The first-order chi connectivity index (χ1) is 15.6. The molecule has 0 aliphatic carbocycles. The Bertz CT molecular complexity index is 1080. The molecule has 8 nitrogen and oxygen atoms in total. The summed E-state index contributed by atoms with van der Waals surface area (Å²) in [6.07, 6.45) is 2.02. The van der Waals surface area contributed by atoms with Crippen LogP contribution in [0.2, 0.25) is 0 Å². The highest BCUT2D eigenvalue weighted by Crippen LogP contribution is 2.30. The summed E-state index contributed by atoms with van der Waals surface area (Å²) < 4.78 is 11.2. The number of anilines is 2. The molecule has 1 aliphatic rings. The fourth-order valence-electron chi connectivity index (χ4n) is 3.40. The normalized spacial score (nSPS) is 13.0. The number of hydrogen-bond acceptors (Lipinski definition) is 6. The second kappa shape index (κ2) is 10.1. The van der Waals surface area contributed by atoms with Crippen molar-refractivity contribution in [3.05, 3.63) is 64.6 Å². The van der Waals surface area contributed by atoms with Gasteiger partial charge >= 0.3 is 6.03 Å². The summed E-state index contributed by atoms with van der Waals surface area (Å²) in [5, 5.41) is 7.68.